The van der Waals surface area contributed by atoms with Crippen molar-refractivity contribution >= 4 is 11.9 Å². The normalized spacial score (nSPS) is 16.7. The Hall–Kier alpha value is -2.70. The predicted octanol–water partition coefficient (Wildman–Crippen LogP) is 1.48. The number of carbonyl (C=O) groups is 2. The van der Waals surface area contributed by atoms with Crippen LogP contribution in [-0.2, 0) is 17.9 Å². The van der Waals surface area contributed by atoms with Crippen LogP contribution in [0.1, 0.15) is 24.4 Å². The third-order valence-corrected chi connectivity index (χ3v) is 4.07. The summed E-state index contributed by atoms with van der Waals surface area (Å²) in [6.45, 7) is 3.70. The van der Waals surface area contributed by atoms with E-state index < -0.39 is 0 Å². The molecule has 1 aliphatic rings. The number of hydrogen-bond donors (Lipinski definition) is 2. The summed E-state index contributed by atoms with van der Waals surface area (Å²) in [6.07, 6.45) is 3.57. The highest BCUT2D eigenvalue weighted by Crippen LogP contribution is 2.24. The van der Waals surface area contributed by atoms with Crippen LogP contribution in [0.15, 0.2) is 41.1 Å². The first kappa shape index (κ1) is 15.2. The van der Waals surface area contributed by atoms with Gasteiger partial charge in [0.05, 0.1) is 25.4 Å². The predicted molar refractivity (Wildman–Crippen MR) is 83.5 cm³/mol. The highest BCUT2D eigenvalue weighted by Gasteiger charge is 2.27. The number of aromatic nitrogens is 1. The van der Waals surface area contributed by atoms with Gasteiger partial charge in [-0.05, 0) is 31.2 Å². The Morgan fingerprint density at radius 3 is 2.91 bits per heavy atom. The average molecular weight is 316 g/mol. The number of amides is 3. The lowest BCUT2D eigenvalue weighted by molar-refractivity contribution is -0.133. The second-order valence-corrected chi connectivity index (χ2v) is 5.51. The first-order valence-electron chi connectivity index (χ1n) is 7.64. The minimum absolute atomic E-state index is 0.0132. The van der Waals surface area contributed by atoms with Crippen molar-refractivity contribution < 1.29 is 14.0 Å². The van der Waals surface area contributed by atoms with Crippen molar-refractivity contribution in [3.05, 3.63) is 48.2 Å². The number of furan rings is 1. The molecule has 122 valence electrons. The smallest absolute Gasteiger partial charge is 0.315 e. The molecular formula is C16H20N4O3. The molecule has 2 N–H and O–H groups in total. The van der Waals surface area contributed by atoms with E-state index in [1.807, 2.05) is 25.3 Å². The van der Waals surface area contributed by atoms with E-state index in [1.165, 1.54) is 0 Å². The van der Waals surface area contributed by atoms with Crippen LogP contribution in [0.4, 0.5) is 4.79 Å². The highest BCUT2D eigenvalue weighted by atomic mass is 16.3. The van der Waals surface area contributed by atoms with Crippen LogP contribution in [0.5, 0.6) is 0 Å². The van der Waals surface area contributed by atoms with E-state index in [0.717, 1.165) is 12.2 Å². The zero-order valence-corrected chi connectivity index (χ0v) is 13.0. The van der Waals surface area contributed by atoms with Crippen molar-refractivity contribution in [1.29, 1.82) is 0 Å². The van der Waals surface area contributed by atoms with Gasteiger partial charge in [0, 0.05) is 25.0 Å². The van der Waals surface area contributed by atoms with Gasteiger partial charge in [-0.2, -0.15) is 0 Å². The molecule has 0 aliphatic carbocycles. The number of nitrogens with one attached hydrogen (secondary N) is 2. The largest absolute Gasteiger partial charge is 0.467 e. The van der Waals surface area contributed by atoms with Crippen molar-refractivity contribution in [3.8, 4) is 0 Å². The first-order chi connectivity index (χ1) is 11.1. The van der Waals surface area contributed by atoms with Crippen LogP contribution in [0.25, 0.3) is 0 Å². The van der Waals surface area contributed by atoms with Crippen LogP contribution in [0, 0.1) is 0 Å². The van der Waals surface area contributed by atoms with E-state index in [-0.39, 0.29) is 24.5 Å². The van der Waals surface area contributed by atoms with Crippen molar-refractivity contribution in [2.24, 2.45) is 0 Å². The molecule has 0 unspecified atom stereocenters. The molecule has 3 rings (SSSR count). The Labute approximate surface area is 134 Å². The van der Waals surface area contributed by atoms with Gasteiger partial charge >= 0.3 is 6.03 Å². The fourth-order valence-corrected chi connectivity index (χ4v) is 2.82. The van der Waals surface area contributed by atoms with Gasteiger partial charge in [-0.1, -0.05) is 0 Å². The quantitative estimate of drug-likeness (QED) is 0.897. The van der Waals surface area contributed by atoms with Gasteiger partial charge in [0.2, 0.25) is 5.91 Å². The number of rotatable bonds is 4. The molecule has 2 aromatic rings. The molecule has 0 fully saturated rings. The van der Waals surface area contributed by atoms with Crippen molar-refractivity contribution in [3.63, 3.8) is 0 Å². The molecule has 0 saturated heterocycles. The molecule has 7 nitrogen and oxygen atoms in total. The molecule has 0 bridgehead atoms. The van der Waals surface area contributed by atoms with Crippen LogP contribution in [0.2, 0.25) is 0 Å². The number of urea groups is 1. The maximum Gasteiger partial charge on any atom is 0.315 e. The first-order valence-corrected chi connectivity index (χ1v) is 7.64. The SMILES string of the molecule is C[C@@H]1c2cccn2CCN1C(=O)CNC(=O)NCc1ccco1. The van der Waals surface area contributed by atoms with Crippen LogP contribution < -0.4 is 10.6 Å². The molecular weight excluding hydrogens is 296 g/mol. The van der Waals surface area contributed by atoms with E-state index in [0.29, 0.717) is 18.8 Å². The van der Waals surface area contributed by atoms with Crippen molar-refractivity contribution in [2.75, 3.05) is 13.1 Å². The maximum absolute atomic E-state index is 12.3. The zero-order valence-electron chi connectivity index (χ0n) is 13.0. The van der Waals surface area contributed by atoms with Crippen LogP contribution >= 0.6 is 0 Å². The van der Waals surface area contributed by atoms with Gasteiger partial charge in [0.25, 0.3) is 0 Å². The summed E-state index contributed by atoms with van der Waals surface area (Å²) in [4.78, 5) is 25.9. The summed E-state index contributed by atoms with van der Waals surface area (Å²) in [5, 5.41) is 5.24. The van der Waals surface area contributed by atoms with Gasteiger partial charge < -0.3 is 24.5 Å². The summed E-state index contributed by atoms with van der Waals surface area (Å²) < 4.78 is 7.28. The zero-order chi connectivity index (χ0) is 16.2. The highest BCUT2D eigenvalue weighted by molar-refractivity contribution is 5.84. The Balaban J connectivity index is 1.47. The van der Waals surface area contributed by atoms with E-state index in [2.05, 4.69) is 15.2 Å². The fourth-order valence-electron chi connectivity index (χ4n) is 2.82. The topological polar surface area (TPSA) is 79.5 Å². The van der Waals surface area contributed by atoms with E-state index in [9.17, 15) is 9.59 Å². The molecule has 0 spiro atoms. The van der Waals surface area contributed by atoms with Gasteiger partial charge in [-0.25, -0.2) is 4.79 Å². The van der Waals surface area contributed by atoms with Crippen molar-refractivity contribution in [1.82, 2.24) is 20.1 Å². The number of nitrogens with zero attached hydrogens (tertiary/aromatic N) is 2. The summed E-state index contributed by atoms with van der Waals surface area (Å²) in [5.41, 5.74) is 1.12. The molecule has 1 atom stereocenters. The lowest BCUT2D eigenvalue weighted by Crippen LogP contribution is -2.47. The van der Waals surface area contributed by atoms with Crippen LogP contribution in [-0.4, -0.2) is 34.5 Å². The van der Waals surface area contributed by atoms with Gasteiger partial charge in [-0.3, -0.25) is 4.79 Å². The van der Waals surface area contributed by atoms with E-state index >= 15 is 0 Å². The molecule has 7 heteroatoms. The Morgan fingerprint density at radius 2 is 2.13 bits per heavy atom. The Morgan fingerprint density at radius 1 is 1.26 bits per heavy atom. The molecule has 3 amide bonds. The molecule has 1 aliphatic heterocycles. The van der Waals surface area contributed by atoms with E-state index in [1.54, 1.807) is 23.3 Å². The molecule has 3 heterocycles. The van der Waals surface area contributed by atoms with Gasteiger partial charge in [0.15, 0.2) is 0 Å². The number of fused-ring (bicyclic) bond motifs is 1. The second-order valence-electron chi connectivity index (χ2n) is 5.51. The molecule has 23 heavy (non-hydrogen) atoms. The summed E-state index contributed by atoms with van der Waals surface area (Å²) >= 11 is 0. The molecule has 2 aromatic heterocycles. The standard InChI is InChI=1S/C16H20N4O3/c1-12-14-5-2-6-19(14)7-8-20(12)15(21)11-18-16(22)17-10-13-4-3-9-23-13/h2-6,9,12H,7-8,10-11H2,1H3,(H2,17,18,22)/t12-/m1/s1. The molecule has 0 aromatic carbocycles. The minimum Gasteiger partial charge on any atom is -0.467 e. The Kier molecular flexibility index (Phi) is 4.36. The third kappa shape index (κ3) is 3.39. The van der Waals surface area contributed by atoms with Crippen molar-refractivity contribution in [2.45, 2.75) is 26.1 Å². The summed E-state index contributed by atoms with van der Waals surface area (Å²) in [7, 11) is 0. The summed E-state index contributed by atoms with van der Waals surface area (Å²) in [5.74, 6) is 0.579. The molecule has 0 radical (unpaired) electrons. The lowest BCUT2D eigenvalue weighted by atomic mass is 10.1. The minimum atomic E-state index is -0.386. The molecule has 0 saturated carbocycles. The summed E-state index contributed by atoms with van der Waals surface area (Å²) in [6, 6.07) is 7.16. The number of hydrogen-bond acceptors (Lipinski definition) is 3. The maximum atomic E-state index is 12.3. The Bertz CT molecular complexity index is 677. The van der Waals surface area contributed by atoms with Gasteiger partial charge in [0.1, 0.15) is 5.76 Å². The fraction of sp³-hybridized carbons (Fsp3) is 0.375. The second kappa shape index (κ2) is 6.60. The van der Waals surface area contributed by atoms with Crippen LogP contribution in [0.3, 0.4) is 0 Å². The average Bonchev–Trinajstić information content (AvgIpc) is 3.22. The number of carbonyl (C=O) groups excluding carboxylic acids is 2. The van der Waals surface area contributed by atoms with E-state index in [4.69, 9.17) is 4.42 Å². The third-order valence-electron chi connectivity index (χ3n) is 4.07. The lowest BCUT2D eigenvalue weighted by Gasteiger charge is -2.35. The van der Waals surface area contributed by atoms with Gasteiger partial charge in [-0.15, -0.1) is 0 Å². The monoisotopic (exact) mass is 316 g/mol.